The first kappa shape index (κ1) is 58.1. The Labute approximate surface area is 383 Å². The van der Waals surface area contributed by atoms with Crippen molar-refractivity contribution >= 4 is 64.9 Å². The second kappa shape index (κ2) is 38.7. The number of unbranched alkanes of at least 4 members (excludes halogenated alkanes) is 2. The van der Waals surface area contributed by atoms with Gasteiger partial charge in [-0.1, -0.05) is 158 Å². The van der Waals surface area contributed by atoms with Gasteiger partial charge < -0.3 is 16.2 Å². The Kier molecular flexibility index (Phi) is 35.7. The molecule has 63 heavy (non-hydrogen) atoms. The molecular formula is C44H66N8O7S4. The number of aromatic nitrogens is 4. The number of rotatable bonds is 29. The fourth-order valence-electron chi connectivity index (χ4n) is 4.38. The molecule has 15 nitrogen and oxygen atoms in total. The molecule has 0 fully saturated rings. The quantitative estimate of drug-likeness (QED) is 0.0290. The van der Waals surface area contributed by atoms with Crippen LogP contribution in [0.25, 0.3) is 0 Å². The summed E-state index contributed by atoms with van der Waals surface area (Å²) in [5.41, 5.74) is 5.10. The third-order valence-corrected chi connectivity index (χ3v) is 11.6. The first-order valence-corrected chi connectivity index (χ1v) is 25.4. The second-order valence-electron chi connectivity index (χ2n) is 13.0. The van der Waals surface area contributed by atoms with Gasteiger partial charge in [0.25, 0.3) is 20.0 Å². The van der Waals surface area contributed by atoms with Crippen LogP contribution in [-0.2, 0) is 29.6 Å². The number of nitrogens with two attached hydrogens (primary N) is 3. The minimum absolute atomic E-state index is 0.0871. The molecule has 8 N–H and O–H groups in total. The van der Waals surface area contributed by atoms with E-state index in [1.54, 1.807) is 0 Å². The second-order valence-corrected chi connectivity index (χ2v) is 18.5. The molecule has 1 amide bonds. The monoisotopic (exact) mass is 946 g/mol. The maximum atomic E-state index is 11.8. The summed E-state index contributed by atoms with van der Waals surface area (Å²) < 4.78 is 42.6. The number of primary sulfonamides is 2. The van der Waals surface area contributed by atoms with Gasteiger partial charge in [-0.2, -0.15) is 0 Å². The molecule has 0 saturated carbocycles. The molecule has 2 heterocycles. The summed E-state index contributed by atoms with van der Waals surface area (Å²) in [5.74, 6) is -0.947. The molecular weight excluding hydrogens is 881 g/mol. The molecule has 2 aromatic heterocycles. The zero-order valence-corrected chi connectivity index (χ0v) is 39.7. The summed E-state index contributed by atoms with van der Waals surface area (Å²) in [6, 6.07) is 0. The van der Waals surface area contributed by atoms with Gasteiger partial charge in [-0.3, -0.25) is 9.59 Å². The zero-order chi connectivity index (χ0) is 46.9. The van der Waals surface area contributed by atoms with Crippen LogP contribution >= 0.6 is 22.7 Å². The summed E-state index contributed by atoms with van der Waals surface area (Å²) in [5, 5.41) is 34.4. The van der Waals surface area contributed by atoms with Crippen molar-refractivity contribution in [3.63, 3.8) is 0 Å². The number of amides is 1. The van der Waals surface area contributed by atoms with Crippen LogP contribution in [0.4, 0.5) is 10.3 Å². The highest BCUT2D eigenvalue weighted by atomic mass is 32.3. The van der Waals surface area contributed by atoms with Gasteiger partial charge in [0.15, 0.2) is 0 Å². The van der Waals surface area contributed by atoms with Crippen molar-refractivity contribution in [2.75, 3.05) is 11.1 Å². The first-order chi connectivity index (χ1) is 30.2. The number of carboxylic acids is 1. The number of nitrogens with one attached hydrogen (secondary N) is 1. The summed E-state index contributed by atoms with van der Waals surface area (Å²) in [6.45, 7) is 4.28. The highest BCUT2D eigenvalue weighted by Crippen LogP contribution is 2.19. The number of sulfonamides is 2. The van der Waals surface area contributed by atoms with Crippen molar-refractivity contribution in [2.45, 2.75) is 125 Å². The van der Waals surface area contributed by atoms with Crippen LogP contribution in [0.1, 0.15) is 117 Å². The number of allylic oxidation sites excluding steroid dienone is 20. The van der Waals surface area contributed by atoms with Crippen LogP contribution in [0.5, 0.6) is 0 Å². The normalized spacial score (nSPS) is 12.7. The van der Waals surface area contributed by atoms with E-state index in [4.69, 9.17) is 21.1 Å². The number of carboxylic acid groups (broad SMARTS) is 1. The third kappa shape index (κ3) is 38.5. The lowest BCUT2D eigenvalue weighted by Crippen LogP contribution is -2.11. The lowest BCUT2D eigenvalue weighted by molar-refractivity contribution is -0.137. The molecule has 0 unspecified atom stereocenters. The van der Waals surface area contributed by atoms with Gasteiger partial charge in [0, 0.05) is 12.8 Å². The van der Waals surface area contributed by atoms with E-state index < -0.39 is 26.0 Å². The van der Waals surface area contributed by atoms with E-state index >= 15 is 0 Å². The maximum absolute atomic E-state index is 11.8. The van der Waals surface area contributed by atoms with Crippen LogP contribution < -0.4 is 21.3 Å². The van der Waals surface area contributed by atoms with Gasteiger partial charge in [0.05, 0.1) is 0 Å². The molecule has 2 aromatic rings. The van der Waals surface area contributed by atoms with Crippen molar-refractivity contribution in [3.05, 3.63) is 122 Å². The molecule has 0 aliphatic carbocycles. The molecule has 2 rings (SSSR count). The number of nitrogen functional groups attached to an aromatic ring is 1. The van der Waals surface area contributed by atoms with Crippen LogP contribution in [0.2, 0.25) is 0 Å². The molecule has 0 bridgehead atoms. The molecule has 19 heteroatoms. The van der Waals surface area contributed by atoms with E-state index in [9.17, 15) is 26.4 Å². The molecule has 0 aliphatic heterocycles. The Balaban J connectivity index is 0.00000104. The predicted molar refractivity (Wildman–Crippen MR) is 260 cm³/mol. The first-order valence-electron chi connectivity index (χ1n) is 20.7. The topological polar surface area (TPSA) is 264 Å². The average molecular weight is 947 g/mol. The fraction of sp³-hybridized carbons (Fsp3) is 0.409. The van der Waals surface area contributed by atoms with Crippen molar-refractivity contribution in [3.8, 4) is 0 Å². The molecule has 348 valence electrons. The number of hydrogen-bond donors (Lipinski definition) is 5. The maximum Gasteiger partial charge on any atom is 0.303 e. The van der Waals surface area contributed by atoms with Crippen LogP contribution in [0, 0.1) is 0 Å². The van der Waals surface area contributed by atoms with Crippen LogP contribution in [0.3, 0.4) is 0 Å². The fourth-order valence-corrected chi connectivity index (χ4v) is 6.95. The molecule has 0 radical (unpaired) electrons. The average Bonchev–Trinajstić information content (AvgIpc) is 3.90. The number of hydrogen-bond acceptors (Lipinski definition) is 13. The Hall–Kier alpha value is -4.92. The number of aliphatic carboxylic acids is 1. The van der Waals surface area contributed by atoms with E-state index in [1.165, 1.54) is 0 Å². The van der Waals surface area contributed by atoms with E-state index in [0.717, 1.165) is 106 Å². The third-order valence-electron chi connectivity index (χ3n) is 7.41. The Bertz CT molecular complexity index is 2080. The van der Waals surface area contributed by atoms with E-state index in [0.29, 0.717) is 12.8 Å². The van der Waals surface area contributed by atoms with Crippen molar-refractivity contribution < 1.29 is 31.5 Å². The summed E-state index contributed by atoms with van der Waals surface area (Å²) in [6.07, 6.45) is 56.5. The number of anilines is 2. The minimum atomic E-state index is -3.89. The van der Waals surface area contributed by atoms with Crippen LogP contribution in [-0.4, -0.2) is 54.2 Å². The highest BCUT2D eigenvalue weighted by molar-refractivity contribution is 7.91. The lowest BCUT2D eigenvalue weighted by Gasteiger charge is -1.98. The SMILES string of the molecule is CC/C=C\C/C=C\C/C=C\C/C=C\C/C=C\CCCC(=O)Nc1nnc(S(N)(=O)=O)s1.CC/C=C\C/C=C\C/C=C\C/C=C\C/C=C\CCCC(=O)O.Nc1nnc(S(N)(=O)=O)s1. The molecule has 0 spiro atoms. The Morgan fingerprint density at radius 3 is 1.16 bits per heavy atom. The van der Waals surface area contributed by atoms with Crippen molar-refractivity contribution in [1.82, 2.24) is 20.4 Å². The Morgan fingerprint density at radius 1 is 0.524 bits per heavy atom. The standard InChI is InChI=1S/C22H32N4O3S2.C20H30O2.C2H4N4O2S2/c1-2-3-4-5-6-7-8-9-10-11-12-13-14-15-16-17-18-19-20(27)24-21-25-26-22(30-21)31(23,28)29;1-2-3-4-5-6-7-8-9-10-11-12-13-14-15-16-17-18-19-20(21)22;3-1-5-6-2(9-1)10(4,7)8/h3-4,6-7,9-10,12-13,15-16H,2,5,8,11,14,17-19H2,1H3,(H2,23,28,29)(H,24,25,27);3-4,6-7,9-10,12-13,15-16H,2,5,8,11,14,17-19H2,1H3,(H,21,22);(H2,3,5)(H2,4,7,8)/b2*4-3-,7-6-,10-9-,13-12-,16-15-;. The molecule has 0 atom stereocenters. The molecule has 0 aliphatic rings. The van der Waals surface area contributed by atoms with Gasteiger partial charge in [-0.15, -0.1) is 20.4 Å². The minimum Gasteiger partial charge on any atom is -0.481 e. The summed E-state index contributed by atoms with van der Waals surface area (Å²) in [4.78, 5) is 22.1. The van der Waals surface area contributed by atoms with Gasteiger partial charge in [-0.25, -0.2) is 27.1 Å². The summed E-state index contributed by atoms with van der Waals surface area (Å²) in [7, 11) is -7.61. The van der Waals surface area contributed by atoms with Gasteiger partial charge >= 0.3 is 5.97 Å². The van der Waals surface area contributed by atoms with E-state index in [1.807, 2.05) is 0 Å². The Morgan fingerprint density at radius 2 is 0.857 bits per heavy atom. The zero-order valence-electron chi connectivity index (χ0n) is 36.4. The van der Waals surface area contributed by atoms with E-state index in [-0.39, 0.29) is 31.3 Å². The highest BCUT2D eigenvalue weighted by Gasteiger charge is 2.16. The van der Waals surface area contributed by atoms with Gasteiger partial charge in [0.2, 0.25) is 24.8 Å². The smallest absolute Gasteiger partial charge is 0.303 e. The molecule has 0 saturated heterocycles. The van der Waals surface area contributed by atoms with Crippen molar-refractivity contribution in [2.24, 2.45) is 10.3 Å². The van der Waals surface area contributed by atoms with Gasteiger partial charge in [-0.05, 0) is 89.9 Å². The lowest BCUT2D eigenvalue weighted by atomic mass is 10.2. The molecule has 0 aromatic carbocycles. The summed E-state index contributed by atoms with van der Waals surface area (Å²) >= 11 is 1.47. The number of carbonyl (C=O) groups is 2. The number of carbonyl (C=O) groups excluding carboxylic acids is 1. The van der Waals surface area contributed by atoms with Gasteiger partial charge in [0.1, 0.15) is 0 Å². The van der Waals surface area contributed by atoms with E-state index in [2.05, 4.69) is 161 Å². The predicted octanol–water partition coefficient (Wildman–Crippen LogP) is 9.81. The number of nitrogens with zero attached hydrogens (tertiary/aromatic N) is 4. The van der Waals surface area contributed by atoms with Crippen LogP contribution in [0.15, 0.2) is 130 Å². The largest absolute Gasteiger partial charge is 0.481 e. The van der Waals surface area contributed by atoms with Crippen molar-refractivity contribution in [1.29, 1.82) is 0 Å².